The van der Waals surface area contributed by atoms with Crippen molar-refractivity contribution < 1.29 is 18.7 Å². The van der Waals surface area contributed by atoms with E-state index in [9.17, 15) is 14.0 Å². The minimum absolute atomic E-state index is 0.237. The number of hydrogen-bond acceptors (Lipinski definition) is 5. The zero-order valence-corrected chi connectivity index (χ0v) is 18.2. The van der Waals surface area contributed by atoms with Gasteiger partial charge in [-0.3, -0.25) is 14.9 Å². The molecule has 0 saturated carbocycles. The maximum Gasteiger partial charge on any atom is 0.255 e. The number of nitrogens with one attached hydrogen (secondary N) is 1. The number of thiazole rings is 1. The SMILES string of the molecule is COc1ccc(F)cc1C(C(=O)Nc1nccs1)N1Cc2ccc(I)cc2C1=O. The van der Waals surface area contributed by atoms with Crippen LogP contribution in [-0.2, 0) is 11.3 Å². The summed E-state index contributed by atoms with van der Waals surface area (Å²) in [5.74, 6) is -0.973. The van der Waals surface area contributed by atoms with Gasteiger partial charge in [-0.15, -0.1) is 11.3 Å². The van der Waals surface area contributed by atoms with Crippen LogP contribution in [0, 0.1) is 9.39 Å². The molecule has 3 aromatic rings. The van der Waals surface area contributed by atoms with Gasteiger partial charge >= 0.3 is 0 Å². The van der Waals surface area contributed by atoms with Crippen molar-refractivity contribution >= 4 is 50.9 Å². The Morgan fingerprint density at radius 2 is 2.17 bits per heavy atom. The fourth-order valence-electron chi connectivity index (χ4n) is 3.33. The van der Waals surface area contributed by atoms with E-state index in [-0.39, 0.29) is 18.0 Å². The third-order valence-corrected chi connectivity index (χ3v) is 5.97. The number of fused-ring (bicyclic) bond motifs is 1. The lowest BCUT2D eigenvalue weighted by Gasteiger charge is -2.28. The van der Waals surface area contributed by atoms with E-state index in [0.717, 1.165) is 9.13 Å². The van der Waals surface area contributed by atoms with Crippen molar-refractivity contribution in [3.05, 3.63) is 74.1 Å². The van der Waals surface area contributed by atoms with E-state index in [4.69, 9.17) is 4.74 Å². The van der Waals surface area contributed by atoms with Crippen LogP contribution in [-0.4, -0.2) is 28.8 Å². The first-order valence-corrected chi connectivity index (χ1v) is 10.6. The number of carbonyl (C=O) groups excluding carboxylic acids is 2. The minimum Gasteiger partial charge on any atom is -0.496 e. The zero-order chi connectivity index (χ0) is 20.5. The first kappa shape index (κ1) is 19.8. The number of ether oxygens (including phenoxy) is 1. The molecule has 1 aromatic heterocycles. The van der Waals surface area contributed by atoms with Crippen LogP contribution in [0.5, 0.6) is 5.75 Å². The number of rotatable bonds is 5. The molecule has 4 rings (SSSR count). The van der Waals surface area contributed by atoms with E-state index < -0.39 is 17.8 Å². The fourth-order valence-corrected chi connectivity index (χ4v) is 4.36. The van der Waals surface area contributed by atoms with Crippen molar-refractivity contribution in [1.82, 2.24) is 9.88 Å². The predicted molar refractivity (Wildman–Crippen MR) is 115 cm³/mol. The molecule has 2 aromatic carbocycles. The van der Waals surface area contributed by atoms with Gasteiger partial charge in [0, 0.05) is 32.8 Å². The third-order valence-electron chi connectivity index (χ3n) is 4.61. The number of hydrogen-bond donors (Lipinski definition) is 1. The van der Waals surface area contributed by atoms with Gasteiger partial charge < -0.3 is 9.64 Å². The predicted octanol–water partition coefficient (Wildman–Crippen LogP) is 4.23. The van der Waals surface area contributed by atoms with E-state index in [2.05, 4.69) is 32.9 Å². The number of amides is 2. The van der Waals surface area contributed by atoms with Crippen molar-refractivity contribution in [1.29, 1.82) is 0 Å². The van der Waals surface area contributed by atoms with Gasteiger partial charge in [0.05, 0.1) is 7.11 Å². The van der Waals surface area contributed by atoms with Crippen molar-refractivity contribution in [2.75, 3.05) is 12.4 Å². The second kappa shape index (κ2) is 8.07. The number of benzene rings is 2. The Morgan fingerprint density at radius 3 is 2.90 bits per heavy atom. The van der Waals surface area contributed by atoms with Crippen LogP contribution in [0.1, 0.15) is 27.5 Å². The highest BCUT2D eigenvalue weighted by Crippen LogP contribution is 2.37. The molecule has 0 bridgehead atoms. The quantitative estimate of drug-likeness (QED) is 0.509. The van der Waals surface area contributed by atoms with Crippen LogP contribution in [0.3, 0.4) is 0 Å². The molecule has 2 heterocycles. The van der Waals surface area contributed by atoms with E-state index >= 15 is 0 Å². The highest BCUT2D eigenvalue weighted by Gasteiger charge is 2.39. The summed E-state index contributed by atoms with van der Waals surface area (Å²) in [6.07, 6.45) is 1.57. The highest BCUT2D eigenvalue weighted by molar-refractivity contribution is 14.1. The molecule has 0 saturated heterocycles. The number of methoxy groups -OCH3 is 1. The van der Waals surface area contributed by atoms with E-state index in [1.165, 1.54) is 41.5 Å². The number of halogens is 2. The van der Waals surface area contributed by atoms with Crippen LogP contribution < -0.4 is 10.1 Å². The molecule has 2 amide bonds. The van der Waals surface area contributed by atoms with E-state index in [1.54, 1.807) is 17.6 Å². The molecule has 29 heavy (non-hydrogen) atoms. The van der Waals surface area contributed by atoms with Crippen LogP contribution in [0.15, 0.2) is 48.0 Å². The molecule has 1 unspecified atom stereocenters. The molecule has 6 nitrogen and oxygen atoms in total. The lowest BCUT2D eigenvalue weighted by atomic mass is 10.0. The molecular weight excluding hydrogens is 508 g/mol. The second-order valence-electron chi connectivity index (χ2n) is 6.35. The summed E-state index contributed by atoms with van der Waals surface area (Å²) in [6, 6.07) is 8.41. The van der Waals surface area contributed by atoms with Gasteiger partial charge in [-0.2, -0.15) is 0 Å². The third kappa shape index (κ3) is 3.84. The summed E-state index contributed by atoms with van der Waals surface area (Å²) in [6.45, 7) is 0.237. The fraction of sp³-hybridized carbons (Fsp3) is 0.150. The molecule has 1 aliphatic heterocycles. The maximum atomic E-state index is 14.1. The minimum atomic E-state index is -1.08. The number of anilines is 1. The molecule has 1 atom stereocenters. The largest absolute Gasteiger partial charge is 0.496 e. The van der Waals surface area contributed by atoms with Crippen LogP contribution in [0.25, 0.3) is 0 Å². The Kier molecular flexibility index (Phi) is 5.50. The molecule has 1 aliphatic rings. The molecule has 0 radical (unpaired) electrons. The highest BCUT2D eigenvalue weighted by atomic mass is 127. The van der Waals surface area contributed by atoms with Crippen molar-refractivity contribution in [2.24, 2.45) is 0 Å². The van der Waals surface area contributed by atoms with Gasteiger partial charge in [0.2, 0.25) is 0 Å². The van der Waals surface area contributed by atoms with Crippen LogP contribution in [0.4, 0.5) is 9.52 Å². The topological polar surface area (TPSA) is 71.5 Å². The first-order chi connectivity index (χ1) is 14.0. The normalized spacial score (nSPS) is 13.9. The average Bonchev–Trinajstić information content (AvgIpc) is 3.31. The summed E-state index contributed by atoms with van der Waals surface area (Å²) < 4.78 is 20.4. The lowest BCUT2D eigenvalue weighted by Crippen LogP contribution is -2.37. The Labute approximate surface area is 183 Å². The van der Waals surface area contributed by atoms with E-state index in [0.29, 0.717) is 16.4 Å². The van der Waals surface area contributed by atoms with Crippen molar-refractivity contribution in [2.45, 2.75) is 12.6 Å². The van der Waals surface area contributed by atoms with Crippen molar-refractivity contribution in [3.8, 4) is 5.75 Å². The number of aromatic nitrogens is 1. The molecule has 0 spiro atoms. The van der Waals surface area contributed by atoms with Gasteiger partial charge in [0.1, 0.15) is 17.6 Å². The Bertz CT molecular complexity index is 1090. The van der Waals surface area contributed by atoms with Crippen LogP contribution in [0.2, 0.25) is 0 Å². The van der Waals surface area contributed by atoms with Crippen LogP contribution >= 0.6 is 33.9 Å². The van der Waals surface area contributed by atoms with Gasteiger partial charge in [0.25, 0.3) is 11.8 Å². The first-order valence-electron chi connectivity index (χ1n) is 8.61. The monoisotopic (exact) mass is 523 g/mol. The average molecular weight is 523 g/mol. The summed E-state index contributed by atoms with van der Waals surface area (Å²) in [4.78, 5) is 31.9. The summed E-state index contributed by atoms with van der Waals surface area (Å²) in [5, 5.41) is 4.85. The van der Waals surface area contributed by atoms with Gasteiger partial charge in [-0.25, -0.2) is 9.37 Å². The summed E-state index contributed by atoms with van der Waals surface area (Å²) in [5.41, 5.74) is 1.63. The Hall–Kier alpha value is -2.53. The lowest BCUT2D eigenvalue weighted by molar-refractivity contribution is -0.120. The number of nitrogens with zero attached hydrogens (tertiary/aromatic N) is 2. The smallest absolute Gasteiger partial charge is 0.255 e. The molecule has 148 valence electrons. The maximum absolute atomic E-state index is 14.1. The van der Waals surface area contributed by atoms with Gasteiger partial charge in [0.15, 0.2) is 5.13 Å². The van der Waals surface area contributed by atoms with Crippen molar-refractivity contribution in [3.63, 3.8) is 0 Å². The Balaban J connectivity index is 1.78. The standard InChI is InChI=1S/C20H15FIN3O3S/c1-28-16-5-3-12(21)8-15(16)17(18(26)24-20-23-6-7-29-20)25-10-11-2-4-13(22)9-14(11)19(25)27/h2-9,17H,10H2,1H3,(H,23,24,26). The summed E-state index contributed by atoms with van der Waals surface area (Å²) >= 11 is 3.39. The van der Waals surface area contributed by atoms with E-state index in [1.807, 2.05) is 12.1 Å². The van der Waals surface area contributed by atoms with Gasteiger partial charge in [-0.1, -0.05) is 6.07 Å². The molecular formula is C20H15FIN3O3S. The summed E-state index contributed by atoms with van der Waals surface area (Å²) in [7, 11) is 1.44. The number of carbonyl (C=O) groups is 2. The molecule has 1 N–H and O–H groups in total. The zero-order valence-electron chi connectivity index (χ0n) is 15.2. The molecule has 0 fully saturated rings. The molecule has 9 heteroatoms. The van der Waals surface area contributed by atoms with Gasteiger partial charge in [-0.05, 0) is 58.5 Å². The molecule has 0 aliphatic carbocycles. The second-order valence-corrected chi connectivity index (χ2v) is 8.49. The Morgan fingerprint density at radius 1 is 1.34 bits per heavy atom.